The molecule has 20 heavy (non-hydrogen) atoms. The lowest BCUT2D eigenvalue weighted by Gasteiger charge is -2.18. The van der Waals surface area contributed by atoms with Gasteiger partial charge in [-0.3, -0.25) is 4.79 Å². The van der Waals surface area contributed by atoms with Crippen molar-refractivity contribution in [2.75, 3.05) is 24.3 Å². The minimum atomic E-state index is 0.0336. The van der Waals surface area contributed by atoms with E-state index < -0.39 is 0 Å². The molecular formula is C14H16N4O2. The average Bonchev–Trinajstić information content (AvgIpc) is 3.06. The van der Waals surface area contributed by atoms with Crippen LogP contribution in [0.15, 0.2) is 30.9 Å². The van der Waals surface area contributed by atoms with E-state index in [2.05, 4.69) is 4.98 Å². The van der Waals surface area contributed by atoms with E-state index in [0.29, 0.717) is 18.0 Å². The van der Waals surface area contributed by atoms with Crippen molar-refractivity contribution < 1.29 is 9.53 Å². The summed E-state index contributed by atoms with van der Waals surface area (Å²) in [7, 11) is 1.59. The van der Waals surface area contributed by atoms with E-state index in [9.17, 15) is 4.79 Å². The highest BCUT2D eigenvalue weighted by atomic mass is 16.5. The molecule has 1 aliphatic heterocycles. The molecule has 1 aromatic carbocycles. The second-order valence-corrected chi connectivity index (χ2v) is 4.75. The molecule has 6 nitrogen and oxygen atoms in total. The molecule has 2 aromatic rings. The van der Waals surface area contributed by atoms with Crippen LogP contribution in [-0.4, -0.2) is 29.1 Å². The molecule has 0 aliphatic carbocycles. The molecule has 2 N–H and O–H groups in total. The lowest BCUT2D eigenvalue weighted by Crippen LogP contribution is -2.32. The van der Waals surface area contributed by atoms with Crippen molar-refractivity contribution in [2.24, 2.45) is 0 Å². The number of hydrogen-bond donors (Lipinski definition) is 1. The van der Waals surface area contributed by atoms with Gasteiger partial charge in [-0.25, -0.2) is 4.98 Å². The van der Waals surface area contributed by atoms with E-state index in [0.717, 1.165) is 17.7 Å². The smallest absolute Gasteiger partial charge is 0.246 e. The number of aromatic nitrogens is 2. The zero-order valence-electron chi connectivity index (χ0n) is 11.2. The molecule has 1 aromatic heterocycles. The molecule has 0 spiro atoms. The fourth-order valence-electron chi connectivity index (χ4n) is 2.49. The predicted octanol–water partition coefficient (Wildman–Crippen LogP) is 1.06. The van der Waals surface area contributed by atoms with E-state index in [4.69, 9.17) is 10.5 Å². The summed E-state index contributed by atoms with van der Waals surface area (Å²) in [6.45, 7) is 0.959. The molecule has 0 saturated carbocycles. The molecule has 2 heterocycles. The Hall–Kier alpha value is -2.50. The Kier molecular flexibility index (Phi) is 3.06. The zero-order valence-corrected chi connectivity index (χ0v) is 11.2. The quantitative estimate of drug-likeness (QED) is 0.848. The van der Waals surface area contributed by atoms with Gasteiger partial charge in [-0.2, -0.15) is 0 Å². The van der Waals surface area contributed by atoms with Crippen LogP contribution in [0, 0.1) is 0 Å². The number of nitrogens with two attached hydrogens (primary N) is 1. The number of ether oxygens (including phenoxy) is 1. The van der Waals surface area contributed by atoms with Gasteiger partial charge in [0.15, 0.2) is 0 Å². The first-order valence-corrected chi connectivity index (χ1v) is 6.41. The molecule has 0 atom stereocenters. The van der Waals surface area contributed by atoms with Crippen LogP contribution in [0.1, 0.15) is 5.56 Å². The summed E-state index contributed by atoms with van der Waals surface area (Å²) in [5.41, 5.74) is 8.45. The minimum Gasteiger partial charge on any atom is -0.495 e. The highest BCUT2D eigenvalue weighted by molar-refractivity contribution is 5.96. The monoisotopic (exact) mass is 272 g/mol. The second kappa shape index (κ2) is 4.88. The Morgan fingerprint density at radius 3 is 3.05 bits per heavy atom. The Morgan fingerprint density at radius 1 is 1.50 bits per heavy atom. The summed E-state index contributed by atoms with van der Waals surface area (Å²) >= 11 is 0. The van der Waals surface area contributed by atoms with Crippen LogP contribution in [0.2, 0.25) is 0 Å². The third kappa shape index (κ3) is 2.09. The topological polar surface area (TPSA) is 73.4 Å². The third-order valence-electron chi connectivity index (χ3n) is 3.50. The molecule has 0 fully saturated rings. The molecule has 0 bridgehead atoms. The largest absolute Gasteiger partial charge is 0.495 e. The lowest BCUT2D eigenvalue weighted by atomic mass is 10.1. The van der Waals surface area contributed by atoms with E-state index in [1.54, 1.807) is 35.3 Å². The van der Waals surface area contributed by atoms with Gasteiger partial charge in [-0.1, -0.05) is 0 Å². The molecular weight excluding hydrogens is 256 g/mol. The Morgan fingerprint density at radius 2 is 2.35 bits per heavy atom. The van der Waals surface area contributed by atoms with Crippen LogP contribution in [0.5, 0.6) is 5.75 Å². The maximum absolute atomic E-state index is 12.3. The van der Waals surface area contributed by atoms with Gasteiger partial charge in [0.1, 0.15) is 12.3 Å². The molecule has 6 heteroatoms. The number of fused-ring (bicyclic) bond motifs is 1. The molecule has 0 saturated heterocycles. The number of nitrogens with zero attached hydrogens (tertiary/aromatic N) is 3. The first-order chi connectivity index (χ1) is 9.69. The van der Waals surface area contributed by atoms with Crippen molar-refractivity contribution in [2.45, 2.75) is 13.0 Å². The van der Waals surface area contributed by atoms with E-state index in [1.165, 1.54) is 0 Å². The number of carbonyl (C=O) groups excluding carboxylic acids is 1. The maximum atomic E-state index is 12.3. The van der Waals surface area contributed by atoms with Crippen LogP contribution in [0.4, 0.5) is 11.4 Å². The number of amides is 1. The van der Waals surface area contributed by atoms with E-state index in [-0.39, 0.29) is 12.5 Å². The SMILES string of the molecule is COc1cc2c(cc1N)N(C(=O)Cn1ccnc1)CC2. The van der Waals surface area contributed by atoms with Crippen LogP contribution in [0.3, 0.4) is 0 Å². The zero-order chi connectivity index (χ0) is 14.1. The van der Waals surface area contributed by atoms with Gasteiger partial charge >= 0.3 is 0 Å². The Bertz CT molecular complexity index is 637. The summed E-state index contributed by atoms with van der Waals surface area (Å²) < 4.78 is 6.97. The predicted molar refractivity (Wildman–Crippen MR) is 75.7 cm³/mol. The van der Waals surface area contributed by atoms with Crippen molar-refractivity contribution in [3.63, 3.8) is 0 Å². The summed E-state index contributed by atoms with van der Waals surface area (Å²) in [5.74, 6) is 0.693. The summed E-state index contributed by atoms with van der Waals surface area (Å²) in [4.78, 5) is 18.1. The number of rotatable bonds is 3. The number of nitrogen functional groups attached to an aromatic ring is 1. The lowest BCUT2D eigenvalue weighted by molar-refractivity contribution is -0.119. The van der Waals surface area contributed by atoms with Gasteiger partial charge in [-0.05, 0) is 24.1 Å². The van der Waals surface area contributed by atoms with Crippen LogP contribution >= 0.6 is 0 Å². The van der Waals surface area contributed by atoms with Crippen molar-refractivity contribution in [1.29, 1.82) is 0 Å². The van der Waals surface area contributed by atoms with Crippen molar-refractivity contribution in [1.82, 2.24) is 9.55 Å². The molecule has 0 unspecified atom stereocenters. The normalized spacial score (nSPS) is 13.3. The first-order valence-electron chi connectivity index (χ1n) is 6.41. The fraction of sp³-hybridized carbons (Fsp3) is 0.286. The van der Waals surface area contributed by atoms with E-state index in [1.807, 2.05) is 12.1 Å². The van der Waals surface area contributed by atoms with Crippen LogP contribution < -0.4 is 15.4 Å². The third-order valence-corrected chi connectivity index (χ3v) is 3.50. The summed E-state index contributed by atoms with van der Waals surface area (Å²) in [6.07, 6.45) is 5.89. The van der Waals surface area contributed by atoms with Gasteiger partial charge in [0.25, 0.3) is 0 Å². The number of hydrogen-bond acceptors (Lipinski definition) is 4. The number of carbonyl (C=O) groups is 1. The molecule has 0 radical (unpaired) electrons. The number of imidazole rings is 1. The molecule has 104 valence electrons. The molecule has 1 aliphatic rings. The number of anilines is 2. The Labute approximate surface area is 116 Å². The number of benzene rings is 1. The first kappa shape index (κ1) is 12.5. The van der Waals surface area contributed by atoms with Gasteiger partial charge in [0, 0.05) is 24.6 Å². The van der Waals surface area contributed by atoms with Gasteiger partial charge in [0.2, 0.25) is 5.91 Å². The standard InChI is InChI=1S/C14H16N4O2/c1-20-13-6-10-2-4-18(12(10)7-11(13)15)14(19)8-17-5-3-16-9-17/h3,5-7,9H,2,4,8,15H2,1H3. The number of methoxy groups -OCH3 is 1. The molecule has 1 amide bonds. The average molecular weight is 272 g/mol. The van der Waals surface area contributed by atoms with Gasteiger partial charge in [-0.15, -0.1) is 0 Å². The maximum Gasteiger partial charge on any atom is 0.246 e. The highest BCUT2D eigenvalue weighted by Crippen LogP contribution is 2.35. The van der Waals surface area contributed by atoms with Crippen molar-refractivity contribution in [3.8, 4) is 5.75 Å². The van der Waals surface area contributed by atoms with E-state index >= 15 is 0 Å². The second-order valence-electron chi connectivity index (χ2n) is 4.75. The van der Waals surface area contributed by atoms with Crippen LogP contribution in [-0.2, 0) is 17.8 Å². The fourth-order valence-corrected chi connectivity index (χ4v) is 2.49. The summed E-state index contributed by atoms with van der Waals surface area (Å²) in [5, 5.41) is 0. The highest BCUT2D eigenvalue weighted by Gasteiger charge is 2.26. The van der Waals surface area contributed by atoms with Gasteiger partial charge in [0.05, 0.1) is 19.1 Å². The van der Waals surface area contributed by atoms with Crippen LogP contribution in [0.25, 0.3) is 0 Å². The Balaban J connectivity index is 1.85. The molecule has 3 rings (SSSR count). The van der Waals surface area contributed by atoms with Crippen molar-refractivity contribution in [3.05, 3.63) is 36.4 Å². The van der Waals surface area contributed by atoms with Crippen molar-refractivity contribution >= 4 is 17.3 Å². The minimum absolute atomic E-state index is 0.0336. The van der Waals surface area contributed by atoms with Gasteiger partial charge < -0.3 is 19.9 Å². The summed E-state index contributed by atoms with van der Waals surface area (Å²) in [6, 6.07) is 3.72.